The number of carbonyl (C=O) groups excluding carboxylic acids is 2. The van der Waals surface area contributed by atoms with Gasteiger partial charge in [-0.2, -0.15) is 0 Å². The Hall–Kier alpha value is -1.55. The number of hydrogen-bond donors (Lipinski definition) is 0. The van der Waals surface area contributed by atoms with Crippen LogP contribution in [0, 0.1) is 12.7 Å². The molecule has 4 heteroatoms. The van der Waals surface area contributed by atoms with E-state index < -0.39 is 0 Å². The molecule has 1 fully saturated rings. The van der Waals surface area contributed by atoms with Gasteiger partial charge in [-0.3, -0.25) is 9.59 Å². The smallest absolute Gasteiger partial charge is 0.164 e. The summed E-state index contributed by atoms with van der Waals surface area (Å²) in [6.07, 6.45) is 1.59. The number of nitrogens with zero attached hydrogens (tertiary/aromatic N) is 1. The number of aryl methyl sites for hydroxylation is 1. The van der Waals surface area contributed by atoms with Gasteiger partial charge < -0.3 is 4.90 Å². The van der Waals surface area contributed by atoms with Crippen molar-refractivity contribution in [1.82, 2.24) is 4.90 Å². The largest absolute Gasteiger partial charge is 0.302 e. The van der Waals surface area contributed by atoms with E-state index >= 15 is 0 Å². The molecule has 1 heterocycles. The Labute approximate surface area is 112 Å². The van der Waals surface area contributed by atoms with Crippen LogP contribution in [-0.4, -0.2) is 36.1 Å². The number of piperidine rings is 1. The third-order valence-electron chi connectivity index (χ3n) is 3.55. The molecule has 0 N–H and O–H groups in total. The number of Topliss-reactive ketones (excluding diaryl/α,β-unsaturated/α-hetero) is 2. The van der Waals surface area contributed by atoms with Crippen molar-refractivity contribution in [3.63, 3.8) is 0 Å². The van der Waals surface area contributed by atoms with Crippen LogP contribution in [0.1, 0.15) is 35.2 Å². The minimum atomic E-state index is -0.286. The molecule has 0 spiro atoms. The van der Waals surface area contributed by atoms with E-state index in [-0.39, 0.29) is 11.6 Å². The van der Waals surface area contributed by atoms with Gasteiger partial charge in [-0.05, 0) is 30.7 Å². The molecule has 2 rings (SSSR count). The molecule has 0 bridgehead atoms. The van der Waals surface area contributed by atoms with E-state index in [1.54, 1.807) is 13.0 Å². The van der Waals surface area contributed by atoms with Gasteiger partial charge in [0.05, 0.1) is 0 Å². The number of benzene rings is 1. The van der Waals surface area contributed by atoms with Gasteiger partial charge in [0.15, 0.2) is 5.78 Å². The van der Waals surface area contributed by atoms with Gasteiger partial charge >= 0.3 is 0 Å². The third-order valence-corrected chi connectivity index (χ3v) is 3.55. The Kier molecular flexibility index (Phi) is 4.43. The van der Waals surface area contributed by atoms with E-state index in [2.05, 4.69) is 4.90 Å². The molecule has 0 saturated carbocycles. The minimum Gasteiger partial charge on any atom is -0.302 e. The number of halogens is 1. The standard InChI is InChI=1S/C15H18FNO2/c1-11-10-12(2-3-14(11)16)15(19)6-9-17-7-4-13(18)5-8-17/h2-3,10H,4-9H2,1H3. The number of rotatable bonds is 4. The summed E-state index contributed by atoms with van der Waals surface area (Å²) >= 11 is 0. The summed E-state index contributed by atoms with van der Waals surface area (Å²) < 4.78 is 13.1. The molecular weight excluding hydrogens is 245 g/mol. The predicted octanol–water partition coefficient (Wildman–Crippen LogP) is 2.37. The Morgan fingerprint density at radius 2 is 2.00 bits per heavy atom. The Bertz CT molecular complexity index is 489. The van der Waals surface area contributed by atoms with Crippen LogP contribution in [0.25, 0.3) is 0 Å². The highest BCUT2D eigenvalue weighted by atomic mass is 19.1. The van der Waals surface area contributed by atoms with Crippen molar-refractivity contribution in [3.05, 3.63) is 35.1 Å². The van der Waals surface area contributed by atoms with Gasteiger partial charge in [0.25, 0.3) is 0 Å². The predicted molar refractivity (Wildman–Crippen MR) is 70.8 cm³/mol. The van der Waals surface area contributed by atoms with Crippen LogP contribution < -0.4 is 0 Å². The number of carbonyl (C=O) groups is 2. The normalized spacial score (nSPS) is 16.6. The first kappa shape index (κ1) is 13.9. The first-order valence-electron chi connectivity index (χ1n) is 6.59. The molecule has 0 amide bonds. The van der Waals surface area contributed by atoms with Crippen molar-refractivity contribution in [1.29, 1.82) is 0 Å². The third kappa shape index (κ3) is 3.70. The molecule has 0 radical (unpaired) electrons. The zero-order chi connectivity index (χ0) is 13.8. The van der Waals surface area contributed by atoms with Crippen molar-refractivity contribution in [3.8, 4) is 0 Å². The molecule has 3 nitrogen and oxygen atoms in total. The topological polar surface area (TPSA) is 37.4 Å². The molecule has 19 heavy (non-hydrogen) atoms. The van der Waals surface area contributed by atoms with Crippen LogP contribution in [0.15, 0.2) is 18.2 Å². The van der Waals surface area contributed by atoms with E-state index in [1.165, 1.54) is 12.1 Å². The molecule has 1 aromatic carbocycles. The maximum Gasteiger partial charge on any atom is 0.164 e. The lowest BCUT2D eigenvalue weighted by molar-refractivity contribution is -0.121. The van der Waals surface area contributed by atoms with Crippen molar-refractivity contribution < 1.29 is 14.0 Å². The lowest BCUT2D eigenvalue weighted by Crippen LogP contribution is -2.35. The first-order chi connectivity index (χ1) is 9.06. The van der Waals surface area contributed by atoms with Crippen LogP contribution in [0.3, 0.4) is 0 Å². The fourth-order valence-corrected chi connectivity index (χ4v) is 2.25. The highest BCUT2D eigenvalue weighted by Gasteiger charge is 2.17. The first-order valence-corrected chi connectivity index (χ1v) is 6.59. The summed E-state index contributed by atoms with van der Waals surface area (Å²) in [4.78, 5) is 25.2. The molecular formula is C15H18FNO2. The monoisotopic (exact) mass is 263 g/mol. The molecule has 1 aliphatic heterocycles. The van der Waals surface area contributed by atoms with Gasteiger partial charge in [0.1, 0.15) is 11.6 Å². The van der Waals surface area contributed by atoms with Crippen molar-refractivity contribution in [2.24, 2.45) is 0 Å². The lowest BCUT2D eigenvalue weighted by Gasteiger charge is -2.25. The molecule has 1 aromatic rings. The van der Waals surface area contributed by atoms with Crippen molar-refractivity contribution in [2.75, 3.05) is 19.6 Å². The average molecular weight is 263 g/mol. The summed E-state index contributed by atoms with van der Waals surface area (Å²) in [5.74, 6) is 0.0443. The van der Waals surface area contributed by atoms with Crippen LogP contribution in [0.4, 0.5) is 4.39 Å². The van der Waals surface area contributed by atoms with Gasteiger partial charge in [0, 0.05) is 44.5 Å². The van der Waals surface area contributed by atoms with Crippen LogP contribution in [0.2, 0.25) is 0 Å². The highest BCUT2D eigenvalue weighted by Crippen LogP contribution is 2.12. The molecule has 0 aliphatic carbocycles. The van der Waals surface area contributed by atoms with E-state index in [0.29, 0.717) is 42.7 Å². The Morgan fingerprint density at radius 1 is 1.32 bits per heavy atom. The van der Waals surface area contributed by atoms with Crippen LogP contribution in [-0.2, 0) is 4.79 Å². The zero-order valence-electron chi connectivity index (χ0n) is 11.1. The molecule has 1 saturated heterocycles. The number of hydrogen-bond acceptors (Lipinski definition) is 3. The molecule has 0 unspecified atom stereocenters. The van der Waals surface area contributed by atoms with Gasteiger partial charge in [-0.15, -0.1) is 0 Å². The van der Waals surface area contributed by atoms with E-state index in [9.17, 15) is 14.0 Å². The van der Waals surface area contributed by atoms with E-state index in [0.717, 1.165) is 13.1 Å². The average Bonchev–Trinajstić information content (AvgIpc) is 2.41. The second-order valence-corrected chi connectivity index (χ2v) is 5.02. The van der Waals surface area contributed by atoms with Crippen LogP contribution in [0.5, 0.6) is 0 Å². The minimum absolute atomic E-state index is 0.0278. The summed E-state index contributed by atoms with van der Waals surface area (Å²) in [5.41, 5.74) is 1.06. The van der Waals surface area contributed by atoms with Gasteiger partial charge in [-0.25, -0.2) is 4.39 Å². The number of likely N-dealkylation sites (tertiary alicyclic amines) is 1. The zero-order valence-corrected chi connectivity index (χ0v) is 11.1. The summed E-state index contributed by atoms with van der Waals surface area (Å²) in [6.45, 7) is 3.81. The highest BCUT2D eigenvalue weighted by molar-refractivity contribution is 5.96. The molecule has 1 aliphatic rings. The summed E-state index contributed by atoms with van der Waals surface area (Å²) in [7, 11) is 0. The molecule has 102 valence electrons. The van der Waals surface area contributed by atoms with Gasteiger partial charge in [-0.1, -0.05) is 0 Å². The van der Waals surface area contributed by atoms with E-state index in [1.807, 2.05) is 0 Å². The van der Waals surface area contributed by atoms with Gasteiger partial charge in [0.2, 0.25) is 0 Å². The Morgan fingerprint density at radius 3 is 2.63 bits per heavy atom. The molecule has 0 atom stereocenters. The van der Waals surface area contributed by atoms with E-state index in [4.69, 9.17) is 0 Å². The van der Waals surface area contributed by atoms with Crippen molar-refractivity contribution in [2.45, 2.75) is 26.2 Å². The Balaban J connectivity index is 1.87. The van der Waals surface area contributed by atoms with Crippen LogP contribution >= 0.6 is 0 Å². The maximum atomic E-state index is 13.1. The fourth-order valence-electron chi connectivity index (χ4n) is 2.25. The van der Waals surface area contributed by atoms with Crippen molar-refractivity contribution >= 4 is 11.6 Å². The SMILES string of the molecule is Cc1cc(C(=O)CCN2CCC(=O)CC2)ccc1F. The molecule has 0 aromatic heterocycles. The summed E-state index contributed by atoms with van der Waals surface area (Å²) in [5, 5.41) is 0. The summed E-state index contributed by atoms with van der Waals surface area (Å²) in [6, 6.07) is 4.46. The maximum absolute atomic E-state index is 13.1. The quantitative estimate of drug-likeness (QED) is 0.783. The fraction of sp³-hybridized carbons (Fsp3) is 0.467. The lowest BCUT2D eigenvalue weighted by atomic mass is 10.0. The number of ketones is 2. The second kappa shape index (κ2) is 6.06. The second-order valence-electron chi connectivity index (χ2n) is 5.02.